The van der Waals surface area contributed by atoms with Gasteiger partial charge in [-0.1, -0.05) is 47.7 Å². The molecule has 152 valence electrons. The number of anilines is 1. The first-order chi connectivity index (χ1) is 13.8. The van der Waals surface area contributed by atoms with Crippen molar-refractivity contribution < 1.29 is 9.53 Å². The topological polar surface area (TPSA) is 95.1 Å². The summed E-state index contributed by atoms with van der Waals surface area (Å²) in [6.07, 6.45) is 0. The third-order valence-corrected chi connectivity index (χ3v) is 5.42. The lowest BCUT2D eigenvalue weighted by molar-refractivity contribution is -0.113. The van der Waals surface area contributed by atoms with E-state index >= 15 is 0 Å². The number of nitrogen functional groups attached to an aromatic ring is 1. The monoisotopic (exact) mass is 411 g/mol. The van der Waals surface area contributed by atoms with E-state index in [9.17, 15) is 4.79 Å². The van der Waals surface area contributed by atoms with Crippen molar-refractivity contribution in [2.75, 3.05) is 16.9 Å². The Labute approximate surface area is 174 Å². The van der Waals surface area contributed by atoms with Crippen LogP contribution in [-0.4, -0.2) is 26.5 Å². The van der Waals surface area contributed by atoms with Crippen LogP contribution >= 0.6 is 11.8 Å². The summed E-state index contributed by atoms with van der Waals surface area (Å²) in [5.41, 5.74) is 5.08. The van der Waals surface area contributed by atoms with Crippen molar-refractivity contribution in [1.29, 1.82) is 0 Å². The molecule has 29 heavy (non-hydrogen) atoms. The van der Waals surface area contributed by atoms with Crippen molar-refractivity contribution in [3.8, 4) is 5.75 Å². The van der Waals surface area contributed by atoms with Gasteiger partial charge in [0.2, 0.25) is 11.1 Å². The SMILES string of the molecule is Cc1ccc(NC(=O)CSc2nnc(COc3c(C)cccc3C)n2N)c(C)c1. The van der Waals surface area contributed by atoms with Crippen LogP contribution in [0, 0.1) is 27.7 Å². The second-order valence-corrected chi connectivity index (χ2v) is 7.88. The average Bonchev–Trinajstić information content (AvgIpc) is 3.02. The van der Waals surface area contributed by atoms with E-state index in [-0.39, 0.29) is 18.3 Å². The van der Waals surface area contributed by atoms with Crippen molar-refractivity contribution >= 4 is 23.4 Å². The van der Waals surface area contributed by atoms with Gasteiger partial charge >= 0.3 is 0 Å². The number of thioether (sulfide) groups is 1. The number of rotatable bonds is 7. The lowest BCUT2D eigenvalue weighted by atomic mass is 10.1. The third kappa shape index (κ3) is 5.08. The van der Waals surface area contributed by atoms with Crippen LogP contribution in [0.25, 0.3) is 0 Å². The van der Waals surface area contributed by atoms with E-state index in [1.165, 1.54) is 16.4 Å². The molecule has 2 aromatic carbocycles. The summed E-state index contributed by atoms with van der Waals surface area (Å²) in [6, 6.07) is 11.9. The lowest BCUT2D eigenvalue weighted by Crippen LogP contribution is -2.18. The average molecular weight is 412 g/mol. The van der Waals surface area contributed by atoms with E-state index in [0.717, 1.165) is 33.7 Å². The number of aryl methyl sites for hydroxylation is 4. The number of ether oxygens (including phenoxy) is 1. The quantitative estimate of drug-likeness (QED) is 0.456. The lowest BCUT2D eigenvalue weighted by Gasteiger charge is -2.11. The fraction of sp³-hybridized carbons (Fsp3) is 0.286. The Morgan fingerprint density at radius 3 is 2.52 bits per heavy atom. The van der Waals surface area contributed by atoms with Crippen LogP contribution in [0.3, 0.4) is 0 Å². The van der Waals surface area contributed by atoms with Crippen LogP contribution in [0.5, 0.6) is 5.75 Å². The largest absolute Gasteiger partial charge is 0.485 e. The Hall–Kier alpha value is -3.00. The number of para-hydroxylation sites is 1. The van der Waals surface area contributed by atoms with Gasteiger partial charge in [0.1, 0.15) is 12.4 Å². The second kappa shape index (κ2) is 9.00. The third-order valence-electron chi connectivity index (χ3n) is 4.48. The van der Waals surface area contributed by atoms with Gasteiger partial charge in [0.05, 0.1) is 5.75 Å². The summed E-state index contributed by atoms with van der Waals surface area (Å²) >= 11 is 1.23. The predicted molar refractivity (Wildman–Crippen MR) is 116 cm³/mol. The summed E-state index contributed by atoms with van der Waals surface area (Å²) in [6.45, 7) is 8.17. The van der Waals surface area contributed by atoms with Gasteiger partial charge in [-0.3, -0.25) is 4.79 Å². The molecule has 0 saturated carbocycles. The maximum absolute atomic E-state index is 12.3. The first-order valence-electron chi connectivity index (χ1n) is 9.23. The van der Waals surface area contributed by atoms with Crippen molar-refractivity contribution in [3.05, 3.63) is 64.5 Å². The van der Waals surface area contributed by atoms with Crippen LogP contribution < -0.4 is 15.9 Å². The standard InChI is InChI=1S/C21H25N5O2S/c1-13-8-9-17(16(4)10-13)23-19(27)12-29-21-25-24-18(26(21)22)11-28-20-14(2)6-5-7-15(20)3/h5-10H,11-12,22H2,1-4H3,(H,23,27). The summed E-state index contributed by atoms with van der Waals surface area (Å²) in [5.74, 6) is 7.44. The Bertz CT molecular complexity index is 1010. The number of hydrogen-bond donors (Lipinski definition) is 2. The van der Waals surface area contributed by atoms with Gasteiger partial charge < -0.3 is 15.9 Å². The molecule has 3 rings (SSSR count). The molecule has 0 saturated heterocycles. The minimum Gasteiger partial charge on any atom is -0.485 e. The number of nitrogens with two attached hydrogens (primary N) is 1. The van der Waals surface area contributed by atoms with Gasteiger partial charge in [-0.25, -0.2) is 4.68 Å². The molecule has 0 fully saturated rings. The number of aromatic nitrogens is 3. The van der Waals surface area contributed by atoms with Crippen LogP contribution in [0.2, 0.25) is 0 Å². The number of carbonyl (C=O) groups excluding carboxylic acids is 1. The molecule has 0 aliphatic carbocycles. The molecule has 1 heterocycles. The molecule has 3 aromatic rings. The molecule has 0 aliphatic heterocycles. The molecule has 7 nitrogen and oxygen atoms in total. The number of nitrogens with zero attached hydrogens (tertiary/aromatic N) is 3. The molecule has 0 bridgehead atoms. The smallest absolute Gasteiger partial charge is 0.234 e. The molecular weight excluding hydrogens is 386 g/mol. The molecule has 0 atom stereocenters. The van der Waals surface area contributed by atoms with E-state index in [1.54, 1.807) is 0 Å². The van der Waals surface area contributed by atoms with Crippen LogP contribution in [0.1, 0.15) is 28.1 Å². The highest BCUT2D eigenvalue weighted by atomic mass is 32.2. The maximum Gasteiger partial charge on any atom is 0.234 e. The number of benzene rings is 2. The van der Waals surface area contributed by atoms with Gasteiger partial charge in [0.25, 0.3) is 0 Å². The van der Waals surface area contributed by atoms with Crippen LogP contribution in [0.15, 0.2) is 41.6 Å². The van der Waals surface area contributed by atoms with Gasteiger partial charge in [0.15, 0.2) is 5.82 Å². The molecule has 0 spiro atoms. The van der Waals surface area contributed by atoms with E-state index in [1.807, 2.05) is 64.1 Å². The zero-order chi connectivity index (χ0) is 21.0. The summed E-state index contributed by atoms with van der Waals surface area (Å²) in [7, 11) is 0. The first kappa shape index (κ1) is 20.7. The number of amides is 1. The Kier molecular flexibility index (Phi) is 6.43. The van der Waals surface area contributed by atoms with Crippen molar-refractivity contribution in [2.24, 2.45) is 0 Å². The normalized spacial score (nSPS) is 10.8. The minimum absolute atomic E-state index is 0.127. The Morgan fingerprint density at radius 2 is 1.83 bits per heavy atom. The molecule has 0 radical (unpaired) electrons. The predicted octanol–water partition coefficient (Wildman–Crippen LogP) is 3.54. The maximum atomic E-state index is 12.3. The van der Waals surface area contributed by atoms with Crippen LogP contribution in [-0.2, 0) is 11.4 Å². The summed E-state index contributed by atoms with van der Waals surface area (Å²) in [4.78, 5) is 12.3. The molecule has 0 unspecified atom stereocenters. The van der Waals surface area contributed by atoms with Crippen molar-refractivity contribution in [3.63, 3.8) is 0 Å². The number of carbonyl (C=O) groups is 1. The van der Waals surface area contributed by atoms with E-state index in [4.69, 9.17) is 10.6 Å². The molecule has 3 N–H and O–H groups in total. The van der Waals surface area contributed by atoms with Gasteiger partial charge in [-0.2, -0.15) is 0 Å². The van der Waals surface area contributed by atoms with E-state index in [0.29, 0.717) is 11.0 Å². The number of hydrogen-bond acceptors (Lipinski definition) is 6. The highest BCUT2D eigenvalue weighted by Crippen LogP contribution is 2.24. The summed E-state index contributed by atoms with van der Waals surface area (Å²) in [5, 5.41) is 11.5. The van der Waals surface area contributed by atoms with Crippen molar-refractivity contribution in [2.45, 2.75) is 39.5 Å². The Morgan fingerprint density at radius 1 is 1.10 bits per heavy atom. The molecule has 8 heteroatoms. The highest BCUT2D eigenvalue weighted by molar-refractivity contribution is 7.99. The summed E-state index contributed by atoms with van der Waals surface area (Å²) < 4.78 is 7.25. The molecular formula is C21H25N5O2S. The van der Waals surface area contributed by atoms with E-state index in [2.05, 4.69) is 15.5 Å². The fourth-order valence-electron chi connectivity index (χ4n) is 2.94. The number of nitrogens with one attached hydrogen (secondary N) is 1. The Balaban J connectivity index is 1.57. The minimum atomic E-state index is -0.127. The van der Waals surface area contributed by atoms with Gasteiger partial charge in [0, 0.05) is 5.69 Å². The molecule has 0 aliphatic rings. The fourth-order valence-corrected chi connectivity index (χ4v) is 3.61. The zero-order valence-electron chi connectivity index (χ0n) is 17.0. The molecule has 1 aromatic heterocycles. The first-order valence-corrected chi connectivity index (χ1v) is 10.2. The van der Waals surface area contributed by atoms with E-state index < -0.39 is 0 Å². The van der Waals surface area contributed by atoms with Crippen molar-refractivity contribution in [1.82, 2.24) is 14.9 Å². The van der Waals surface area contributed by atoms with Gasteiger partial charge in [-0.15, -0.1) is 10.2 Å². The molecule has 1 amide bonds. The second-order valence-electron chi connectivity index (χ2n) is 6.93. The van der Waals surface area contributed by atoms with Crippen LogP contribution in [0.4, 0.5) is 5.69 Å². The highest BCUT2D eigenvalue weighted by Gasteiger charge is 2.14. The zero-order valence-corrected chi connectivity index (χ0v) is 17.8. The van der Waals surface area contributed by atoms with Gasteiger partial charge in [-0.05, 0) is 50.5 Å².